The summed E-state index contributed by atoms with van der Waals surface area (Å²) in [6.45, 7) is 0. The number of hydrogen-bond acceptors (Lipinski definition) is 3. The molecule has 1 heterocycles. The van der Waals surface area contributed by atoms with Crippen molar-refractivity contribution in [3.8, 4) is 0 Å². The third-order valence-corrected chi connectivity index (χ3v) is 1.74. The Morgan fingerprint density at radius 3 is 3.00 bits per heavy atom. The first-order valence-corrected chi connectivity index (χ1v) is 3.85. The van der Waals surface area contributed by atoms with Gasteiger partial charge in [0.05, 0.1) is 10.9 Å². The van der Waals surface area contributed by atoms with E-state index in [0.717, 1.165) is 0 Å². The maximum Gasteiger partial charge on any atom is 0.258 e. The molecule has 1 N–H and O–H groups in total. The Hall–Kier alpha value is -2.33. The molecule has 0 unspecified atom stereocenters. The van der Waals surface area contributed by atoms with E-state index >= 15 is 0 Å². The first kappa shape index (κ1) is 8.28. The van der Waals surface area contributed by atoms with Crippen molar-refractivity contribution >= 4 is 16.9 Å². The van der Waals surface area contributed by atoms with E-state index in [-0.39, 0.29) is 11.5 Å². The monoisotopic (exact) mass is 187 g/mol. The van der Waals surface area contributed by atoms with E-state index in [4.69, 9.17) is 5.53 Å². The largest absolute Gasteiger partial charge is 0.305 e. The minimum Gasteiger partial charge on any atom is -0.305 e. The summed E-state index contributed by atoms with van der Waals surface area (Å²) in [6, 6.07) is 6.84. The molecule has 1 aromatic carbocycles. The van der Waals surface area contributed by atoms with E-state index < -0.39 is 0 Å². The Bertz CT molecular complexity index is 582. The highest BCUT2D eigenvalue weighted by Crippen LogP contribution is 2.09. The number of nitrogens with zero attached hydrogens (tertiary/aromatic N) is 4. The predicted octanol–water partition coefficient (Wildman–Crippen LogP) is 1.86. The van der Waals surface area contributed by atoms with Gasteiger partial charge in [-0.25, -0.2) is 4.98 Å². The van der Waals surface area contributed by atoms with Crippen LogP contribution in [0.15, 0.2) is 34.2 Å². The maximum atomic E-state index is 11.4. The predicted molar refractivity (Wildman–Crippen MR) is 51.2 cm³/mol. The number of aromatic nitrogens is 2. The maximum absolute atomic E-state index is 11.4. The van der Waals surface area contributed by atoms with Crippen molar-refractivity contribution < 1.29 is 0 Å². The molecular formula is C8H5N5O. The molecule has 0 saturated heterocycles. The lowest BCUT2D eigenvalue weighted by Crippen LogP contribution is -2.06. The lowest BCUT2D eigenvalue weighted by Gasteiger charge is -1.95. The molecule has 2 aromatic rings. The van der Waals surface area contributed by atoms with E-state index in [9.17, 15) is 4.79 Å². The van der Waals surface area contributed by atoms with Crippen LogP contribution < -0.4 is 5.56 Å². The molecule has 0 aliphatic carbocycles. The minimum absolute atomic E-state index is 0.0174. The highest BCUT2D eigenvalue weighted by atomic mass is 16.1. The number of fused-ring (bicyclic) bond motifs is 1. The fourth-order valence-electron chi connectivity index (χ4n) is 1.16. The summed E-state index contributed by atoms with van der Waals surface area (Å²) in [7, 11) is 0. The van der Waals surface area contributed by atoms with Gasteiger partial charge >= 0.3 is 0 Å². The van der Waals surface area contributed by atoms with Crippen LogP contribution in [-0.4, -0.2) is 9.97 Å². The molecule has 6 heteroatoms. The van der Waals surface area contributed by atoms with Crippen LogP contribution >= 0.6 is 0 Å². The number of rotatable bonds is 1. The smallest absolute Gasteiger partial charge is 0.258 e. The van der Waals surface area contributed by atoms with Crippen LogP contribution in [0.3, 0.4) is 0 Å². The zero-order chi connectivity index (χ0) is 9.97. The minimum atomic E-state index is -0.307. The topological polar surface area (TPSA) is 94.5 Å². The van der Waals surface area contributed by atoms with E-state index in [2.05, 4.69) is 20.0 Å². The number of para-hydroxylation sites is 1. The molecule has 0 bridgehead atoms. The molecule has 0 amide bonds. The van der Waals surface area contributed by atoms with Crippen LogP contribution in [0.1, 0.15) is 0 Å². The molecule has 0 saturated carbocycles. The van der Waals surface area contributed by atoms with E-state index in [0.29, 0.717) is 10.9 Å². The Morgan fingerprint density at radius 2 is 2.21 bits per heavy atom. The first-order valence-electron chi connectivity index (χ1n) is 3.85. The average Bonchev–Trinajstić information content (AvgIpc) is 2.18. The summed E-state index contributed by atoms with van der Waals surface area (Å²) in [5, 5.41) is 3.71. The Balaban J connectivity index is 2.85. The highest BCUT2D eigenvalue weighted by molar-refractivity contribution is 5.77. The van der Waals surface area contributed by atoms with Gasteiger partial charge in [0, 0.05) is 4.91 Å². The molecule has 0 radical (unpaired) electrons. The second-order valence-electron chi connectivity index (χ2n) is 2.60. The van der Waals surface area contributed by atoms with Crippen molar-refractivity contribution in [2.75, 3.05) is 0 Å². The zero-order valence-electron chi connectivity index (χ0n) is 7.01. The Labute approximate surface area is 77.8 Å². The van der Waals surface area contributed by atoms with Crippen molar-refractivity contribution in [1.29, 1.82) is 0 Å². The molecule has 0 spiro atoms. The van der Waals surface area contributed by atoms with Gasteiger partial charge in [-0.15, -0.1) is 0 Å². The van der Waals surface area contributed by atoms with Crippen LogP contribution in [-0.2, 0) is 0 Å². The van der Waals surface area contributed by atoms with Gasteiger partial charge in [-0.1, -0.05) is 12.1 Å². The summed E-state index contributed by atoms with van der Waals surface area (Å²) in [6.07, 6.45) is 0. The summed E-state index contributed by atoms with van der Waals surface area (Å²) < 4.78 is 0. The van der Waals surface area contributed by atoms with Gasteiger partial charge in [-0.3, -0.25) is 4.79 Å². The highest BCUT2D eigenvalue weighted by Gasteiger charge is 2.00. The third kappa shape index (κ3) is 1.30. The molecule has 1 aromatic heterocycles. The van der Waals surface area contributed by atoms with Crippen molar-refractivity contribution in [3.63, 3.8) is 0 Å². The van der Waals surface area contributed by atoms with Gasteiger partial charge in [-0.2, -0.15) is 0 Å². The first-order chi connectivity index (χ1) is 6.81. The fraction of sp³-hybridized carbons (Fsp3) is 0. The standard InChI is InChI=1S/C8H5N5O/c9-13-12-8-10-6-4-2-1-3-5(6)7(14)11-8/h1-4H,(H,10,11,14). The number of benzene rings is 1. The molecule has 6 nitrogen and oxygen atoms in total. The van der Waals surface area contributed by atoms with Crippen LogP contribution in [0, 0.1) is 0 Å². The lowest BCUT2D eigenvalue weighted by atomic mass is 10.2. The average molecular weight is 187 g/mol. The van der Waals surface area contributed by atoms with Gasteiger partial charge in [0.1, 0.15) is 0 Å². The second kappa shape index (κ2) is 3.20. The van der Waals surface area contributed by atoms with E-state index in [1.807, 2.05) is 0 Å². The third-order valence-electron chi connectivity index (χ3n) is 1.74. The van der Waals surface area contributed by atoms with Crippen LogP contribution in [0.25, 0.3) is 21.3 Å². The fourth-order valence-corrected chi connectivity index (χ4v) is 1.16. The van der Waals surface area contributed by atoms with Gasteiger partial charge in [0.25, 0.3) is 5.56 Å². The van der Waals surface area contributed by atoms with Gasteiger partial charge in [0.2, 0.25) is 0 Å². The molecule has 2 rings (SSSR count). The number of aromatic amines is 1. The summed E-state index contributed by atoms with van der Waals surface area (Å²) in [4.78, 5) is 20.3. The number of H-pyrrole nitrogens is 1. The van der Waals surface area contributed by atoms with Crippen LogP contribution in [0.2, 0.25) is 0 Å². The lowest BCUT2D eigenvalue weighted by molar-refractivity contribution is 1.13. The molecule has 0 aliphatic rings. The van der Waals surface area contributed by atoms with Gasteiger partial charge in [0.15, 0.2) is 5.95 Å². The van der Waals surface area contributed by atoms with Crippen LogP contribution in [0.5, 0.6) is 0 Å². The SMILES string of the molecule is [N-]=[N+]=Nc1nc2ccccc2c(=O)[nH]1. The quantitative estimate of drug-likeness (QED) is 0.419. The summed E-state index contributed by atoms with van der Waals surface area (Å²) >= 11 is 0. The summed E-state index contributed by atoms with van der Waals surface area (Å²) in [5.41, 5.74) is 8.38. The number of hydrogen-bond donors (Lipinski definition) is 1. The molecule has 0 atom stereocenters. The number of azide groups is 1. The molecular weight excluding hydrogens is 182 g/mol. The van der Waals surface area contributed by atoms with Crippen molar-refractivity contribution in [3.05, 3.63) is 45.1 Å². The van der Waals surface area contributed by atoms with Crippen molar-refractivity contribution in [2.45, 2.75) is 0 Å². The van der Waals surface area contributed by atoms with Crippen molar-refractivity contribution in [2.24, 2.45) is 5.11 Å². The summed E-state index contributed by atoms with van der Waals surface area (Å²) in [5.74, 6) is -0.0174. The van der Waals surface area contributed by atoms with Gasteiger partial charge in [-0.05, 0) is 22.8 Å². The molecule has 0 aliphatic heterocycles. The van der Waals surface area contributed by atoms with E-state index in [1.54, 1.807) is 24.3 Å². The Kier molecular flexibility index (Phi) is 1.89. The van der Waals surface area contributed by atoms with E-state index in [1.165, 1.54) is 0 Å². The molecule has 0 fully saturated rings. The number of nitrogens with one attached hydrogen (secondary N) is 1. The Morgan fingerprint density at radius 1 is 1.43 bits per heavy atom. The van der Waals surface area contributed by atoms with Crippen LogP contribution in [0.4, 0.5) is 5.95 Å². The molecule has 14 heavy (non-hydrogen) atoms. The molecule has 68 valence electrons. The van der Waals surface area contributed by atoms with Crippen molar-refractivity contribution in [1.82, 2.24) is 9.97 Å². The second-order valence-corrected chi connectivity index (χ2v) is 2.60. The zero-order valence-corrected chi connectivity index (χ0v) is 7.01. The normalized spacial score (nSPS) is 9.71. The van der Waals surface area contributed by atoms with Gasteiger partial charge < -0.3 is 4.98 Å².